The highest BCUT2D eigenvalue weighted by atomic mass is 16.3. The van der Waals surface area contributed by atoms with E-state index in [1.807, 2.05) is 29.2 Å². The molecule has 198 valence electrons. The lowest BCUT2D eigenvalue weighted by Gasteiger charge is -2.53. The number of carbonyl (C=O) groups is 2. The standard InChI is InChI=1S/C30H40N4O3/c1-2-32-16-18-33(19-17-32)26-9-7-24(8-10-26)29(37)31-25-12-14-30(15-13-25)21-34(22-30)28(36)11-6-23-4-3-5-27(35)20-23/h3-5,7-10,20,25,35H,2,6,11-19,21-22H2,1H3,(H,31,37). The minimum atomic E-state index is 0.0145. The Hall–Kier alpha value is -3.06. The van der Waals surface area contributed by atoms with Gasteiger partial charge in [-0.2, -0.15) is 0 Å². The third-order valence-corrected chi connectivity index (χ3v) is 8.64. The molecule has 1 spiro atoms. The van der Waals surface area contributed by atoms with Gasteiger partial charge in [-0.1, -0.05) is 19.1 Å². The fraction of sp³-hybridized carbons (Fsp3) is 0.533. The maximum absolute atomic E-state index is 12.9. The molecule has 1 aliphatic carbocycles. The molecule has 5 rings (SSSR count). The van der Waals surface area contributed by atoms with E-state index < -0.39 is 0 Å². The highest BCUT2D eigenvalue weighted by Crippen LogP contribution is 2.44. The Labute approximate surface area is 220 Å². The summed E-state index contributed by atoms with van der Waals surface area (Å²) in [6.07, 6.45) is 5.18. The van der Waals surface area contributed by atoms with Gasteiger partial charge in [0.15, 0.2) is 0 Å². The Balaban J connectivity index is 1.03. The van der Waals surface area contributed by atoms with Gasteiger partial charge in [-0.3, -0.25) is 9.59 Å². The largest absolute Gasteiger partial charge is 0.508 e. The number of likely N-dealkylation sites (tertiary alicyclic amines) is 1. The van der Waals surface area contributed by atoms with Crippen molar-refractivity contribution >= 4 is 17.5 Å². The highest BCUT2D eigenvalue weighted by Gasteiger charge is 2.46. The molecule has 1 saturated carbocycles. The number of phenolic OH excluding ortho intramolecular Hbond substituents is 1. The van der Waals surface area contributed by atoms with E-state index >= 15 is 0 Å². The maximum atomic E-state index is 12.9. The minimum absolute atomic E-state index is 0.0145. The molecule has 0 radical (unpaired) electrons. The van der Waals surface area contributed by atoms with Crippen LogP contribution in [0.25, 0.3) is 0 Å². The SMILES string of the molecule is CCN1CCN(c2ccc(C(=O)NC3CCC4(CC3)CN(C(=O)CCc3cccc(O)c3)C4)cc2)CC1. The summed E-state index contributed by atoms with van der Waals surface area (Å²) >= 11 is 0. The van der Waals surface area contributed by atoms with Crippen LogP contribution in [0.4, 0.5) is 5.69 Å². The summed E-state index contributed by atoms with van der Waals surface area (Å²) in [6.45, 7) is 9.22. The number of phenols is 1. The van der Waals surface area contributed by atoms with Crippen LogP contribution in [0, 0.1) is 5.41 Å². The van der Waals surface area contributed by atoms with Crippen LogP contribution < -0.4 is 10.2 Å². The lowest BCUT2D eigenvalue weighted by atomic mass is 9.67. The molecule has 2 aromatic carbocycles. The van der Waals surface area contributed by atoms with Crippen molar-refractivity contribution in [2.75, 3.05) is 50.7 Å². The van der Waals surface area contributed by atoms with Gasteiger partial charge in [0.05, 0.1) is 0 Å². The summed E-state index contributed by atoms with van der Waals surface area (Å²) in [6, 6.07) is 15.4. The molecule has 0 atom stereocenters. The summed E-state index contributed by atoms with van der Waals surface area (Å²) in [4.78, 5) is 32.3. The molecule has 7 nitrogen and oxygen atoms in total. The summed E-state index contributed by atoms with van der Waals surface area (Å²) in [5.74, 6) is 0.454. The van der Waals surface area contributed by atoms with Crippen molar-refractivity contribution in [1.82, 2.24) is 15.1 Å². The van der Waals surface area contributed by atoms with Gasteiger partial charge in [0, 0.05) is 68.4 Å². The van der Waals surface area contributed by atoms with E-state index in [1.54, 1.807) is 12.1 Å². The van der Waals surface area contributed by atoms with Crippen LogP contribution in [0.3, 0.4) is 0 Å². The van der Waals surface area contributed by atoms with Crippen LogP contribution in [-0.4, -0.2) is 78.6 Å². The number of aryl methyl sites for hydroxylation is 1. The van der Waals surface area contributed by atoms with Gasteiger partial charge in [-0.05, 0) is 80.6 Å². The lowest BCUT2D eigenvalue weighted by molar-refractivity contribution is -0.145. The Bertz CT molecular complexity index is 1080. The molecule has 3 aliphatic rings. The smallest absolute Gasteiger partial charge is 0.251 e. The van der Waals surface area contributed by atoms with Gasteiger partial charge in [-0.15, -0.1) is 0 Å². The number of aromatic hydroxyl groups is 1. The first-order valence-corrected chi connectivity index (χ1v) is 13.9. The first kappa shape index (κ1) is 25.6. The molecule has 2 N–H and O–H groups in total. The van der Waals surface area contributed by atoms with Gasteiger partial charge in [-0.25, -0.2) is 0 Å². The second-order valence-corrected chi connectivity index (χ2v) is 11.1. The zero-order valence-electron chi connectivity index (χ0n) is 22.0. The molecular formula is C30H40N4O3. The van der Waals surface area contributed by atoms with Crippen molar-refractivity contribution in [1.29, 1.82) is 0 Å². The number of piperazine rings is 1. The van der Waals surface area contributed by atoms with Crippen LogP contribution in [0.2, 0.25) is 0 Å². The highest BCUT2D eigenvalue weighted by molar-refractivity contribution is 5.94. The van der Waals surface area contributed by atoms with E-state index in [1.165, 1.54) is 5.69 Å². The quantitative estimate of drug-likeness (QED) is 0.602. The summed E-state index contributed by atoms with van der Waals surface area (Å²) in [5.41, 5.74) is 3.14. The predicted octanol–water partition coefficient (Wildman–Crippen LogP) is 3.67. The fourth-order valence-electron chi connectivity index (χ4n) is 6.17. The molecule has 2 aliphatic heterocycles. The molecule has 37 heavy (non-hydrogen) atoms. The predicted molar refractivity (Wildman–Crippen MR) is 146 cm³/mol. The number of amides is 2. The van der Waals surface area contributed by atoms with Gasteiger partial charge < -0.3 is 25.1 Å². The van der Waals surface area contributed by atoms with Crippen molar-refractivity contribution in [3.63, 3.8) is 0 Å². The van der Waals surface area contributed by atoms with E-state index in [0.717, 1.165) is 82.6 Å². The van der Waals surface area contributed by atoms with Crippen molar-refractivity contribution in [3.8, 4) is 5.75 Å². The molecule has 7 heteroatoms. The molecule has 0 bridgehead atoms. The summed E-state index contributed by atoms with van der Waals surface area (Å²) in [5, 5.41) is 12.9. The molecule has 2 heterocycles. The number of carbonyl (C=O) groups excluding carboxylic acids is 2. The van der Waals surface area contributed by atoms with Crippen LogP contribution in [0.1, 0.15) is 54.9 Å². The molecule has 2 amide bonds. The van der Waals surface area contributed by atoms with Gasteiger partial charge in [0.1, 0.15) is 5.75 Å². The maximum Gasteiger partial charge on any atom is 0.251 e. The fourth-order valence-corrected chi connectivity index (χ4v) is 6.17. The van der Waals surface area contributed by atoms with Crippen molar-refractivity contribution < 1.29 is 14.7 Å². The number of anilines is 1. The Morgan fingerprint density at radius 1 is 1.00 bits per heavy atom. The van der Waals surface area contributed by atoms with Crippen LogP contribution >= 0.6 is 0 Å². The second kappa shape index (κ2) is 11.1. The van der Waals surface area contributed by atoms with Crippen LogP contribution in [0.5, 0.6) is 5.75 Å². The van der Waals surface area contributed by atoms with E-state index in [-0.39, 0.29) is 29.0 Å². The van der Waals surface area contributed by atoms with Crippen molar-refractivity contribution in [3.05, 3.63) is 59.7 Å². The van der Waals surface area contributed by atoms with E-state index in [2.05, 4.69) is 34.2 Å². The summed E-state index contributed by atoms with van der Waals surface area (Å²) in [7, 11) is 0. The Kier molecular flexibility index (Phi) is 7.70. The van der Waals surface area contributed by atoms with Crippen molar-refractivity contribution in [2.45, 2.75) is 51.5 Å². The summed E-state index contributed by atoms with van der Waals surface area (Å²) < 4.78 is 0. The number of rotatable bonds is 7. The van der Waals surface area contributed by atoms with Gasteiger partial charge in [0.25, 0.3) is 5.91 Å². The average molecular weight is 505 g/mol. The number of hydrogen-bond donors (Lipinski definition) is 2. The lowest BCUT2D eigenvalue weighted by Crippen LogP contribution is -2.60. The third-order valence-electron chi connectivity index (χ3n) is 8.64. The Morgan fingerprint density at radius 2 is 1.70 bits per heavy atom. The molecule has 0 unspecified atom stereocenters. The number of hydrogen-bond acceptors (Lipinski definition) is 5. The van der Waals surface area contributed by atoms with Crippen molar-refractivity contribution in [2.24, 2.45) is 5.41 Å². The van der Waals surface area contributed by atoms with Crippen LogP contribution in [0.15, 0.2) is 48.5 Å². The normalized spacial score (nSPS) is 20.0. The number of nitrogens with zero attached hydrogens (tertiary/aromatic N) is 3. The van der Waals surface area contributed by atoms with E-state index in [4.69, 9.17) is 0 Å². The molecular weight excluding hydrogens is 464 g/mol. The first-order valence-electron chi connectivity index (χ1n) is 13.9. The molecule has 2 saturated heterocycles. The van der Waals surface area contributed by atoms with Gasteiger partial charge in [0.2, 0.25) is 5.91 Å². The van der Waals surface area contributed by atoms with E-state index in [9.17, 15) is 14.7 Å². The zero-order chi connectivity index (χ0) is 25.8. The number of nitrogens with one attached hydrogen (secondary N) is 1. The molecule has 3 fully saturated rings. The first-order chi connectivity index (χ1) is 17.9. The minimum Gasteiger partial charge on any atom is -0.508 e. The van der Waals surface area contributed by atoms with E-state index in [0.29, 0.717) is 12.8 Å². The topological polar surface area (TPSA) is 76.1 Å². The number of likely N-dealkylation sites (N-methyl/N-ethyl adjacent to an activating group) is 1. The average Bonchev–Trinajstić information content (AvgIpc) is 2.91. The second-order valence-electron chi connectivity index (χ2n) is 11.1. The monoisotopic (exact) mass is 504 g/mol. The third kappa shape index (κ3) is 6.09. The van der Waals surface area contributed by atoms with Crippen LogP contribution in [-0.2, 0) is 11.2 Å². The molecule has 2 aromatic rings. The number of benzene rings is 2. The zero-order valence-corrected chi connectivity index (χ0v) is 22.0. The molecule has 0 aromatic heterocycles. The van der Waals surface area contributed by atoms with Gasteiger partial charge >= 0.3 is 0 Å². The Morgan fingerprint density at radius 3 is 2.35 bits per heavy atom.